The standard InChI is InChI=1S/C18H22N4O3/c1-12-10-21(11-13(2)25-12)18(24)16-9-17(19-14(3)23)22(20-16)15-7-5-4-6-8-15/h4-9,12-13H,10-11H2,1-3H3,(H,19,23). The molecule has 0 bridgehead atoms. The van der Waals surface area contributed by atoms with Crippen LogP contribution >= 0.6 is 0 Å². The summed E-state index contributed by atoms with van der Waals surface area (Å²) in [6.45, 7) is 6.37. The molecule has 1 aromatic carbocycles. The highest BCUT2D eigenvalue weighted by molar-refractivity contribution is 5.95. The van der Waals surface area contributed by atoms with E-state index in [1.807, 2.05) is 44.2 Å². The first-order valence-electron chi connectivity index (χ1n) is 8.32. The number of ether oxygens (including phenoxy) is 1. The third kappa shape index (κ3) is 3.88. The first-order chi connectivity index (χ1) is 11.9. The van der Waals surface area contributed by atoms with Crippen LogP contribution in [0.25, 0.3) is 5.69 Å². The Morgan fingerprint density at radius 3 is 2.40 bits per heavy atom. The van der Waals surface area contributed by atoms with Crippen LogP contribution in [-0.4, -0.2) is 51.8 Å². The summed E-state index contributed by atoms with van der Waals surface area (Å²) in [6.07, 6.45) is -0.0301. The van der Waals surface area contributed by atoms with Crippen molar-refractivity contribution < 1.29 is 14.3 Å². The summed E-state index contributed by atoms with van der Waals surface area (Å²) in [5.41, 5.74) is 1.07. The van der Waals surface area contributed by atoms with Crippen LogP contribution in [0.5, 0.6) is 0 Å². The highest BCUT2D eigenvalue weighted by atomic mass is 16.5. The van der Waals surface area contributed by atoms with Gasteiger partial charge in [-0.2, -0.15) is 5.10 Å². The van der Waals surface area contributed by atoms with Gasteiger partial charge >= 0.3 is 0 Å². The van der Waals surface area contributed by atoms with Crippen molar-refractivity contribution >= 4 is 17.6 Å². The minimum absolute atomic E-state index is 0.0151. The van der Waals surface area contributed by atoms with Crippen LogP contribution in [0.4, 0.5) is 5.82 Å². The molecule has 2 aromatic rings. The normalized spacial score (nSPS) is 20.4. The molecule has 1 fully saturated rings. The Morgan fingerprint density at radius 2 is 1.80 bits per heavy atom. The van der Waals surface area contributed by atoms with E-state index in [1.54, 1.807) is 15.6 Å². The van der Waals surface area contributed by atoms with E-state index in [4.69, 9.17) is 4.74 Å². The molecule has 1 aliphatic rings. The van der Waals surface area contributed by atoms with Crippen LogP contribution in [0.3, 0.4) is 0 Å². The highest BCUT2D eigenvalue weighted by Crippen LogP contribution is 2.20. The van der Waals surface area contributed by atoms with E-state index in [2.05, 4.69) is 10.4 Å². The van der Waals surface area contributed by atoms with Crippen LogP contribution in [-0.2, 0) is 9.53 Å². The number of amides is 2. The van der Waals surface area contributed by atoms with Crippen molar-refractivity contribution in [3.05, 3.63) is 42.1 Å². The number of aromatic nitrogens is 2. The summed E-state index contributed by atoms with van der Waals surface area (Å²) in [5.74, 6) is 0.0874. The smallest absolute Gasteiger partial charge is 0.274 e. The van der Waals surface area contributed by atoms with Crippen LogP contribution in [0, 0.1) is 0 Å². The second-order valence-corrected chi connectivity index (χ2v) is 6.31. The van der Waals surface area contributed by atoms with Gasteiger partial charge in [-0.25, -0.2) is 4.68 Å². The quantitative estimate of drug-likeness (QED) is 0.926. The predicted octanol–water partition coefficient (Wildman–Crippen LogP) is 2.08. The summed E-state index contributed by atoms with van der Waals surface area (Å²) in [5, 5.41) is 7.16. The molecule has 0 saturated carbocycles. The average Bonchev–Trinajstić information content (AvgIpc) is 2.97. The van der Waals surface area contributed by atoms with Gasteiger partial charge in [0.25, 0.3) is 5.91 Å². The fourth-order valence-corrected chi connectivity index (χ4v) is 3.03. The molecule has 2 heterocycles. The van der Waals surface area contributed by atoms with E-state index < -0.39 is 0 Å². The van der Waals surface area contributed by atoms with Crippen LogP contribution in [0.15, 0.2) is 36.4 Å². The number of nitrogens with zero attached hydrogens (tertiary/aromatic N) is 3. The fraction of sp³-hybridized carbons (Fsp3) is 0.389. The molecule has 1 N–H and O–H groups in total. The average molecular weight is 342 g/mol. The van der Waals surface area contributed by atoms with Gasteiger partial charge in [0, 0.05) is 26.1 Å². The van der Waals surface area contributed by atoms with Crippen LogP contribution < -0.4 is 5.32 Å². The van der Waals surface area contributed by atoms with Crippen LogP contribution in [0.2, 0.25) is 0 Å². The van der Waals surface area contributed by atoms with Crippen molar-refractivity contribution in [2.45, 2.75) is 33.0 Å². The molecule has 7 nitrogen and oxygen atoms in total. The molecular formula is C18H22N4O3. The molecule has 0 radical (unpaired) electrons. The predicted molar refractivity (Wildman–Crippen MR) is 93.8 cm³/mol. The lowest BCUT2D eigenvalue weighted by molar-refractivity contribution is -0.114. The molecule has 0 aliphatic carbocycles. The minimum atomic E-state index is -0.218. The Bertz CT molecular complexity index is 762. The van der Waals surface area contributed by atoms with Gasteiger partial charge in [-0.3, -0.25) is 9.59 Å². The molecule has 7 heteroatoms. The van der Waals surface area contributed by atoms with Crippen molar-refractivity contribution in [1.82, 2.24) is 14.7 Å². The molecule has 2 atom stereocenters. The summed E-state index contributed by atoms with van der Waals surface area (Å²) >= 11 is 0. The monoisotopic (exact) mass is 342 g/mol. The largest absolute Gasteiger partial charge is 0.372 e. The molecule has 25 heavy (non-hydrogen) atoms. The van der Waals surface area contributed by atoms with Crippen molar-refractivity contribution in [1.29, 1.82) is 0 Å². The Kier molecular flexibility index (Phi) is 4.85. The first kappa shape index (κ1) is 17.2. The number of anilines is 1. The van der Waals surface area contributed by atoms with Gasteiger partial charge in [0.2, 0.25) is 5.91 Å². The number of hydrogen-bond donors (Lipinski definition) is 1. The van der Waals surface area contributed by atoms with Gasteiger partial charge in [-0.1, -0.05) is 18.2 Å². The number of carbonyl (C=O) groups excluding carboxylic acids is 2. The van der Waals surface area contributed by atoms with Gasteiger partial charge in [0.1, 0.15) is 5.82 Å². The number of nitrogens with one attached hydrogen (secondary N) is 1. The molecular weight excluding hydrogens is 320 g/mol. The summed E-state index contributed by atoms with van der Waals surface area (Å²) in [4.78, 5) is 26.1. The zero-order valence-electron chi connectivity index (χ0n) is 14.6. The third-order valence-corrected chi connectivity index (χ3v) is 3.94. The molecule has 2 unspecified atom stereocenters. The van der Waals surface area contributed by atoms with Gasteiger partial charge < -0.3 is 15.0 Å². The maximum Gasteiger partial charge on any atom is 0.274 e. The lowest BCUT2D eigenvalue weighted by atomic mass is 10.2. The molecule has 1 aromatic heterocycles. The lowest BCUT2D eigenvalue weighted by Crippen LogP contribution is -2.48. The van der Waals surface area contributed by atoms with Gasteiger partial charge in [-0.15, -0.1) is 0 Å². The molecule has 0 spiro atoms. The van der Waals surface area contributed by atoms with E-state index in [0.717, 1.165) is 5.69 Å². The minimum Gasteiger partial charge on any atom is -0.372 e. The van der Waals surface area contributed by atoms with Crippen molar-refractivity contribution in [3.63, 3.8) is 0 Å². The van der Waals surface area contributed by atoms with E-state index in [1.165, 1.54) is 6.92 Å². The zero-order chi connectivity index (χ0) is 18.0. The molecule has 132 valence electrons. The Labute approximate surface area is 146 Å². The van der Waals surface area contributed by atoms with Gasteiger partial charge in [0.15, 0.2) is 5.69 Å². The Morgan fingerprint density at radius 1 is 1.16 bits per heavy atom. The third-order valence-electron chi connectivity index (χ3n) is 3.94. The SMILES string of the molecule is CC(=O)Nc1cc(C(=O)N2CC(C)OC(C)C2)nn1-c1ccccc1. The Hall–Kier alpha value is -2.67. The molecule has 2 amide bonds. The molecule has 3 rings (SSSR count). The second kappa shape index (κ2) is 7.06. The zero-order valence-corrected chi connectivity index (χ0v) is 14.6. The number of rotatable bonds is 3. The molecule has 1 saturated heterocycles. The van der Waals surface area contributed by atoms with Crippen LogP contribution in [0.1, 0.15) is 31.3 Å². The van der Waals surface area contributed by atoms with E-state index in [-0.39, 0.29) is 24.0 Å². The van der Waals surface area contributed by atoms with Crippen molar-refractivity contribution in [2.24, 2.45) is 0 Å². The highest BCUT2D eigenvalue weighted by Gasteiger charge is 2.28. The van der Waals surface area contributed by atoms with Crippen molar-refractivity contribution in [2.75, 3.05) is 18.4 Å². The maximum atomic E-state index is 12.9. The number of hydrogen-bond acceptors (Lipinski definition) is 4. The number of carbonyl (C=O) groups is 2. The number of para-hydroxylation sites is 1. The van der Waals surface area contributed by atoms with Gasteiger partial charge in [-0.05, 0) is 26.0 Å². The second-order valence-electron chi connectivity index (χ2n) is 6.31. The summed E-state index contributed by atoms with van der Waals surface area (Å²) < 4.78 is 7.25. The number of benzene rings is 1. The number of morpholine rings is 1. The van der Waals surface area contributed by atoms with E-state index in [9.17, 15) is 9.59 Å². The first-order valence-corrected chi connectivity index (χ1v) is 8.32. The lowest BCUT2D eigenvalue weighted by Gasteiger charge is -2.34. The molecule has 1 aliphatic heterocycles. The summed E-state index contributed by atoms with van der Waals surface area (Å²) in [7, 11) is 0. The van der Waals surface area contributed by atoms with Gasteiger partial charge in [0.05, 0.1) is 17.9 Å². The van der Waals surface area contributed by atoms with Crippen molar-refractivity contribution in [3.8, 4) is 5.69 Å². The van der Waals surface area contributed by atoms with E-state index in [0.29, 0.717) is 24.6 Å². The maximum absolute atomic E-state index is 12.9. The summed E-state index contributed by atoms with van der Waals surface area (Å²) in [6, 6.07) is 11.0. The Balaban J connectivity index is 1.93. The van der Waals surface area contributed by atoms with E-state index >= 15 is 0 Å². The fourth-order valence-electron chi connectivity index (χ4n) is 3.03. The topological polar surface area (TPSA) is 76.5 Å².